The van der Waals surface area contributed by atoms with Crippen molar-refractivity contribution in [1.82, 2.24) is 5.32 Å². The molecule has 0 saturated carbocycles. The van der Waals surface area contributed by atoms with Crippen LogP contribution in [0.25, 0.3) is 0 Å². The fraction of sp³-hybridized carbons (Fsp3) is 0.300. The minimum absolute atomic E-state index is 0.0787. The Kier molecular flexibility index (Phi) is 6.57. The lowest BCUT2D eigenvalue weighted by molar-refractivity contribution is -0.141. The molecule has 0 aromatic heterocycles. The number of carboxylic acids is 1. The Hall–Kier alpha value is -2.82. The van der Waals surface area contributed by atoms with Gasteiger partial charge in [-0.05, 0) is 50.1 Å². The molecule has 2 aromatic rings. The summed E-state index contributed by atoms with van der Waals surface area (Å²) in [5.41, 5.74) is 2.51. The standard InChI is InChI=1S/C20H23NO4/c1-3-25-18-9-7-16(8-10-18)19(22)21-13-17(20(23)24)12-15-6-4-5-14(2)11-15/h4-11,17H,3,12-13H2,1-2H3,(H,21,22)(H,23,24). The fourth-order valence-corrected chi connectivity index (χ4v) is 2.56. The largest absolute Gasteiger partial charge is 0.494 e. The third-order valence-corrected chi connectivity index (χ3v) is 3.85. The van der Waals surface area contributed by atoms with E-state index in [9.17, 15) is 14.7 Å². The maximum Gasteiger partial charge on any atom is 0.308 e. The van der Waals surface area contributed by atoms with Crippen molar-refractivity contribution in [2.24, 2.45) is 5.92 Å². The van der Waals surface area contributed by atoms with E-state index in [0.29, 0.717) is 24.3 Å². The first-order valence-electron chi connectivity index (χ1n) is 8.29. The third-order valence-electron chi connectivity index (χ3n) is 3.85. The number of hydrogen-bond acceptors (Lipinski definition) is 3. The number of carbonyl (C=O) groups excluding carboxylic acids is 1. The third kappa shape index (κ3) is 5.64. The second kappa shape index (κ2) is 8.87. The van der Waals surface area contributed by atoms with Crippen LogP contribution in [0.5, 0.6) is 5.75 Å². The Labute approximate surface area is 147 Å². The van der Waals surface area contributed by atoms with Gasteiger partial charge in [-0.25, -0.2) is 0 Å². The van der Waals surface area contributed by atoms with Gasteiger partial charge in [0, 0.05) is 12.1 Å². The fourth-order valence-electron chi connectivity index (χ4n) is 2.56. The molecule has 1 amide bonds. The predicted molar refractivity (Wildman–Crippen MR) is 96.0 cm³/mol. The lowest BCUT2D eigenvalue weighted by Gasteiger charge is -2.14. The van der Waals surface area contributed by atoms with Crippen molar-refractivity contribution in [3.05, 3.63) is 65.2 Å². The minimum atomic E-state index is -0.923. The van der Waals surface area contributed by atoms with Crippen molar-refractivity contribution in [2.75, 3.05) is 13.2 Å². The second-order valence-corrected chi connectivity index (χ2v) is 5.90. The van der Waals surface area contributed by atoms with Gasteiger partial charge < -0.3 is 15.2 Å². The number of rotatable bonds is 8. The Bertz CT molecular complexity index is 725. The van der Waals surface area contributed by atoms with E-state index >= 15 is 0 Å². The van der Waals surface area contributed by atoms with Gasteiger partial charge in [0.1, 0.15) is 5.75 Å². The average Bonchev–Trinajstić information content (AvgIpc) is 2.59. The first-order valence-corrected chi connectivity index (χ1v) is 8.29. The van der Waals surface area contributed by atoms with Gasteiger partial charge in [-0.15, -0.1) is 0 Å². The molecular weight excluding hydrogens is 318 g/mol. The van der Waals surface area contributed by atoms with Crippen LogP contribution in [-0.2, 0) is 11.2 Å². The maximum atomic E-state index is 12.2. The van der Waals surface area contributed by atoms with Crippen molar-refractivity contribution in [3.63, 3.8) is 0 Å². The molecule has 0 aliphatic rings. The summed E-state index contributed by atoms with van der Waals surface area (Å²) in [6.45, 7) is 4.49. The Morgan fingerprint density at radius 3 is 2.48 bits per heavy atom. The van der Waals surface area contributed by atoms with Crippen LogP contribution in [0.1, 0.15) is 28.4 Å². The highest BCUT2D eigenvalue weighted by Crippen LogP contribution is 2.13. The van der Waals surface area contributed by atoms with Crippen molar-refractivity contribution >= 4 is 11.9 Å². The number of amides is 1. The molecule has 5 heteroatoms. The zero-order valence-corrected chi connectivity index (χ0v) is 14.5. The second-order valence-electron chi connectivity index (χ2n) is 5.90. The van der Waals surface area contributed by atoms with Crippen molar-refractivity contribution < 1.29 is 19.4 Å². The number of aryl methyl sites for hydroxylation is 1. The highest BCUT2D eigenvalue weighted by molar-refractivity contribution is 5.94. The highest BCUT2D eigenvalue weighted by atomic mass is 16.5. The van der Waals surface area contributed by atoms with Gasteiger partial charge >= 0.3 is 5.97 Å². The van der Waals surface area contributed by atoms with E-state index in [1.54, 1.807) is 24.3 Å². The van der Waals surface area contributed by atoms with Crippen molar-refractivity contribution in [1.29, 1.82) is 0 Å². The van der Waals surface area contributed by atoms with Gasteiger partial charge in [0.15, 0.2) is 0 Å². The molecule has 5 nitrogen and oxygen atoms in total. The molecule has 0 heterocycles. The van der Waals surface area contributed by atoms with Gasteiger partial charge in [0.2, 0.25) is 0 Å². The molecule has 0 bridgehead atoms. The summed E-state index contributed by atoms with van der Waals surface area (Å²) in [7, 11) is 0. The Morgan fingerprint density at radius 1 is 1.16 bits per heavy atom. The molecule has 0 aliphatic heterocycles. The van der Waals surface area contributed by atoms with Crippen LogP contribution >= 0.6 is 0 Å². The smallest absolute Gasteiger partial charge is 0.308 e. The molecule has 2 N–H and O–H groups in total. The molecular formula is C20H23NO4. The summed E-state index contributed by atoms with van der Waals surface area (Å²) in [6.07, 6.45) is 0.376. The molecule has 0 spiro atoms. The van der Waals surface area contributed by atoms with Crippen LogP contribution < -0.4 is 10.1 Å². The van der Waals surface area contributed by atoms with Gasteiger partial charge in [-0.2, -0.15) is 0 Å². The molecule has 132 valence electrons. The molecule has 0 aliphatic carbocycles. The van der Waals surface area contributed by atoms with E-state index in [0.717, 1.165) is 11.1 Å². The number of benzene rings is 2. The first-order chi connectivity index (χ1) is 12.0. The van der Waals surface area contributed by atoms with Crippen LogP contribution in [0.2, 0.25) is 0 Å². The summed E-state index contributed by atoms with van der Waals surface area (Å²) in [5, 5.41) is 12.1. The molecule has 1 atom stereocenters. The number of nitrogens with one attached hydrogen (secondary N) is 1. The summed E-state index contributed by atoms with van der Waals surface area (Å²) in [5.74, 6) is -1.19. The zero-order valence-electron chi connectivity index (χ0n) is 14.5. The van der Waals surface area contributed by atoms with Crippen LogP contribution in [0.15, 0.2) is 48.5 Å². The number of ether oxygens (including phenoxy) is 1. The number of carbonyl (C=O) groups is 2. The minimum Gasteiger partial charge on any atom is -0.494 e. The molecule has 0 saturated heterocycles. The first kappa shape index (κ1) is 18.5. The van der Waals surface area contributed by atoms with Crippen LogP contribution in [0.3, 0.4) is 0 Å². The zero-order chi connectivity index (χ0) is 18.2. The Morgan fingerprint density at radius 2 is 1.88 bits per heavy atom. The molecule has 0 fully saturated rings. The molecule has 2 rings (SSSR count). The van der Waals surface area contributed by atoms with E-state index in [1.807, 2.05) is 38.1 Å². The lowest BCUT2D eigenvalue weighted by atomic mass is 9.98. The summed E-state index contributed by atoms with van der Waals surface area (Å²) in [4.78, 5) is 23.7. The van der Waals surface area contributed by atoms with Crippen LogP contribution in [0, 0.1) is 12.8 Å². The SMILES string of the molecule is CCOc1ccc(C(=O)NCC(Cc2cccc(C)c2)C(=O)O)cc1. The van der Waals surface area contributed by atoms with Gasteiger partial charge in [0.25, 0.3) is 5.91 Å². The molecule has 1 unspecified atom stereocenters. The monoisotopic (exact) mass is 341 g/mol. The van der Waals surface area contributed by atoms with Gasteiger partial charge in [-0.1, -0.05) is 29.8 Å². The maximum absolute atomic E-state index is 12.2. The molecule has 25 heavy (non-hydrogen) atoms. The van der Waals surface area contributed by atoms with Crippen molar-refractivity contribution in [2.45, 2.75) is 20.3 Å². The normalized spacial score (nSPS) is 11.6. The van der Waals surface area contributed by atoms with Crippen LogP contribution in [-0.4, -0.2) is 30.1 Å². The summed E-state index contributed by atoms with van der Waals surface area (Å²) >= 11 is 0. The van der Waals surface area contributed by atoms with Gasteiger partial charge in [0.05, 0.1) is 12.5 Å². The van der Waals surface area contributed by atoms with Gasteiger partial charge in [-0.3, -0.25) is 9.59 Å². The summed E-state index contributed by atoms with van der Waals surface area (Å²) in [6, 6.07) is 14.5. The number of aliphatic carboxylic acids is 1. The molecule has 0 radical (unpaired) electrons. The number of hydrogen-bond donors (Lipinski definition) is 2. The van der Waals surface area contributed by atoms with E-state index in [1.165, 1.54) is 0 Å². The van der Waals surface area contributed by atoms with Crippen LogP contribution in [0.4, 0.5) is 0 Å². The highest BCUT2D eigenvalue weighted by Gasteiger charge is 2.19. The summed E-state index contributed by atoms with van der Waals surface area (Å²) < 4.78 is 5.34. The van der Waals surface area contributed by atoms with E-state index in [-0.39, 0.29) is 12.5 Å². The predicted octanol–water partition coefficient (Wildman–Crippen LogP) is 3.07. The average molecular weight is 341 g/mol. The van der Waals surface area contributed by atoms with Crippen molar-refractivity contribution in [3.8, 4) is 5.75 Å². The topological polar surface area (TPSA) is 75.6 Å². The molecule has 2 aromatic carbocycles. The Balaban J connectivity index is 1.95. The van der Waals surface area contributed by atoms with E-state index in [2.05, 4.69) is 5.32 Å². The number of carboxylic acid groups (broad SMARTS) is 1. The van der Waals surface area contributed by atoms with E-state index < -0.39 is 11.9 Å². The van der Waals surface area contributed by atoms with E-state index in [4.69, 9.17) is 4.74 Å². The quantitative estimate of drug-likeness (QED) is 0.774. The lowest BCUT2D eigenvalue weighted by Crippen LogP contribution is -2.34.